The van der Waals surface area contributed by atoms with Gasteiger partial charge in [-0.25, -0.2) is 0 Å². The Bertz CT molecular complexity index is 2530. The van der Waals surface area contributed by atoms with E-state index in [-0.39, 0.29) is 27.4 Å². The van der Waals surface area contributed by atoms with Crippen LogP contribution in [0.3, 0.4) is 0 Å². The van der Waals surface area contributed by atoms with Crippen LogP contribution < -0.4 is 0 Å². The van der Waals surface area contributed by atoms with E-state index in [1.54, 1.807) is 24.5 Å². The summed E-state index contributed by atoms with van der Waals surface area (Å²) in [6.07, 6.45) is 3.38. The van der Waals surface area contributed by atoms with E-state index in [2.05, 4.69) is 188 Å². The number of nitrogens with zero attached hydrogens (tertiary/aromatic N) is 3. The maximum Gasteiger partial charge on any atom is 0.193 e. The number of hydrogen-bond acceptors (Lipinski definition) is 2. The number of ketones is 1. The Balaban J connectivity index is 1.48. The molecule has 3 heterocycles. The zero-order chi connectivity index (χ0) is 40.1. The van der Waals surface area contributed by atoms with Crippen molar-refractivity contribution in [2.24, 2.45) is 0 Å². The van der Waals surface area contributed by atoms with Gasteiger partial charge in [0.05, 0.1) is 22.1 Å². The van der Waals surface area contributed by atoms with Crippen molar-refractivity contribution in [2.75, 3.05) is 0 Å². The second-order valence-electron chi connectivity index (χ2n) is 19.9. The molecule has 0 unspecified atom stereocenters. The summed E-state index contributed by atoms with van der Waals surface area (Å²) in [6, 6.07) is 37.7. The van der Waals surface area contributed by atoms with E-state index >= 15 is 0 Å². The van der Waals surface area contributed by atoms with Gasteiger partial charge in [0.25, 0.3) is 0 Å². The first-order chi connectivity index (χ1) is 26.2. The van der Waals surface area contributed by atoms with Crippen LogP contribution in [0.5, 0.6) is 0 Å². The van der Waals surface area contributed by atoms with Gasteiger partial charge in [-0.1, -0.05) is 107 Å². The summed E-state index contributed by atoms with van der Waals surface area (Å²) < 4.78 is 4.72. The van der Waals surface area contributed by atoms with Crippen molar-refractivity contribution in [2.45, 2.75) is 105 Å². The molecule has 4 heteroatoms. The number of carbonyl (C=O) groups excluding carboxylic acids is 1. The lowest BCUT2D eigenvalue weighted by atomic mass is 9.85. The molecule has 8 rings (SSSR count). The van der Waals surface area contributed by atoms with E-state index in [1.165, 1.54) is 43.8 Å². The number of rotatable bonds is 4. The van der Waals surface area contributed by atoms with Crippen LogP contribution in [0.1, 0.15) is 121 Å². The molecule has 0 fully saturated rings. The third-order valence-corrected chi connectivity index (χ3v) is 11.6. The van der Waals surface area contributed by atoms with Gasteiger partial charge in [0, 0.05) is 56.4 Å². The van der Waals surface area contributed by atoms with Crippen LogP contribution in [0.15, 0.2) is 116 Å². The van der Waals surface area contributed by atoms with E-state index in [1.807, 2.05) is 0 Å². The number of hydrogen-bond donors (Lipinski definition) is 0. The van der Waals surface area contributed by atoms with E-state index in [4.69, 9.17) is 0 Å². The molecular weight excluding hydrogens is 683 g/mol. The summed E-state index contributed by atoms with van der Waals surface area (Å²) in [7, 11) is 0. The van der Waals surface area contributed by atoms with Crippen LogP contribution in [0.2, 0.25) is 0 Å². The molecule has 3 aromatic heterocycles. The number of fused-ring (bicyclic) bond motifs is 6. The summed E-state index contributed by atoms with van der Waals surface area (Å²) in [4.78, 5) is 18.7. The molecule has 0 bridgehead atoms. The van der Waals surface area contributed by atoms with Crippen molar-refractivity contribution in [3.05, 3.63) is 149 Å². The van der Waals surface area contributed by atoms with Gasteiger partial charge in [-0.05, 0) is 123 Å². The number of benzene rings is 5. The highest BCUT2D eigenvalue weighted by Crippen LogP contribution is 2.41. The highest BCUT2D eigenvalue weighted by atomic mass is 16.1. The van der Waals surface area contributed by atoms with Crippen molar-refractivity contribution in [1.29, 1.82) is 0 Å². The smallest absolute Gasteiger partial charge is 0.193 e. The average molecular weight is 738 g/mol. The monoisotopic (exact) mass is 737 g/mol. The topological polar surface area (TPSA) is 39.8 Å². The van der Waals surface area contributed by atoms with Gasteiger partial charge in [-0.15, -0.1) is 0 Å². The van der Waals surface area contributed by atoms with Gasteiger partial charge in [0.15, 0.2) is 5.78 Å². The van der Waals surface area contributed by atoms with Gasteiger partial charge in [0.1, 0.15) is 0 Å². The van der Waals surface area contributed by atoms with Crippen LogP contribution in [0.4, 0.5) is 0 Å². The molecule has 0 saturated heterocycles. The van der Waals surface area contributed by atoms with Crippen LogP contribution in [-0.4, -0.2) is 19.9 Å². The fourth-order valence-electron chi connectivity index (χ4n) is 8.12. The van der Waals surface area contributed by atoms with Gasteiger partial charge < -0.3 is 9.13 Å². The Morgan fingerprint density at radius 2 is 0.696 bits per heavy atom. The minimum Gasteiger partial charge on any atom is -0.309 e. The predicted octanol–water partition coefficient (Wildman–Crippen LogP) is 13.7. The molecule has 0 saturated carbocycles. The lowest BCUT2D eigenvalue weighted by Gasteiger charge is -2.20. The summed E-state index contributed by atoms with van der Waals surface area (Å²) in [5, 5.41) is 4.86. The van der Waals surface area contributed by atoms with Gasteiger partial charge in [-0.2, -0.15) is 0 Å². The Labute approximate surface area is 332 Å². The molecule has 0 spiro atoms. The first kappa shape index (κ1) is 37.4. The Hall–Kier alpha value is -5.48. The van der Waals surface area contributed by atoms with Crippen LogP contribution in [0.25, 0.3) is 55.0 Å². The number of pyridine rings is 1. The second kappa shape index (κ2) is 12.8. The number of carbonyl (C=O) groups is 1. The molecule has 0 atom stereocenters. The highest BCUT2D eigenvalue weighted by molar-refractivity contribution is 6.13. The molecular formula is C52H55N3O. The van der Waals surface area contributed by atoms with E-state index in [0.717, 1.165) is 33.4 Å². The molecule has 0 aliphatic carbocycles. The normalized spacial score (nSPS) is 13.1. The Kier molecular flexibility index (Phi) is 8.54. The third-order valence-electron chi connectivity index (χ3n) is 11.6. The average Bonchev–Trinajstić information content (AvgIpc) is 3.64. The minimum atomic E-state index is -0.0351. The molecule has 8 aromatic rings. The van der Waals surface area contributed by atoms with Gasteiger partial charge in [-0.3, -0.25) is 9.78 Å². The predicted molar refractivity (Wildman–Crippen MR) is 238 cm³/mol. The van der Waals surface area contributed by atoms with Crippen molar-refractivity contribution in [1.82, 2.24) is 14.1 Å². The van der Waals surface area contributed by atoms with Crippen molar-refractivity contribution in [3.8, 4) is 11.4 Å². The van der Waals surface area contributed by atoms with E-state index < -0.39 is 0 Å². The van der Waals surface area contributed by atoms with Crippen molar-refractivity contribution >= 4 is 49.4 Å². The zero-order valence-corrected chi connectivity index (χ0v) is 35.2. The SMILES string of the molecule is CC(C)(C)c1ccc2c(c1)c1cc(C(C)(C)C)ccc1n2-c1cc(C(=O)c2ccncc2)cc(-n2c3ccc(C(C)(C)C)cc3c3cc(C(C)(C)C)ccc32)c1. The molecule has 0 amide bonds. The number of aromatic nitrogens is 3. The van der Waals surface area contributed by atoms with Crippen LogP contribution >= 0.6 is 0 Å². The maximum atomic E-state index is 14.5. The largest absolute Gasteiger partial charge is 0.309 e. The third kappa shape index (κ3) is 6.43. The van der Waals surface area contributed by atoms with E-state index in [9.17, 15) is 4.79 Å². The fourth-order valence-corrected chi connectivity index (χ4v) is 8.12. The maximum absolute atomic E-state index is 14.5. The van der Waals surface area contributed by atoms with Crippen molar-refractivity contribution in [3.63, 3.8) is 0 Å². The minimum absolute atomic E-state index is 0.00938. The van der Waals surface area contributed by atoms with E-state index in [0.29, 0.717) is 11.1 Å². The molecule has 0 radical (unpaired) electrons. The quantitative estimate of drug-likeness (QED) is 0.169. The van der Waals surface area contributed by atoms with Gasteiger partial charge >= 0.3 is 0 Å². The Morgan fingerprint density at radius 1 is 0.393 bits per heavy atom. The lowest BCUT2D eigenvalue weighted by Crippen LogP contribution is -2.10. The summed E-state index contributed by atoms with van der Waals surface area (Å²) >= 11 is 0. The van der Waals surface area contributed by atoms with Crippen molar-refractivity contribution < 1.29 is 4.79 Å². The summed E-state index contributed by atoms with van der Waals surface area (Å²) in [5.74, 6) is -0.0351. The Morgan fingerprint density at radius 3 is 0.982 bits per heavy atom. The zero-order valence-electron chi connectivity index (χ0n) is 35.2. The van der Waals surface area contributed by atoms with Crippen LogP contribution in [-0.2, 0) is 21.7 Å². The fraction of sp³-hybridized carbons (Fsp3) is 0.308. The molecule has 284 valence electrons. The molecule has 56 heavy (non-hydrogen) atoms. The highest BCUT2D eigenvalue weighted by Gasteiger charge is 2.25. The molecule has 5 aromatic carbocycles. The molecule has 4 nitrogen and oxygen atoms in total. The second-order valence-corrected chi connectivity index (χ2v) is 19.9. The molecule has 0 aliphatic heterocycles. The molecule has 0 aliphatic rings. The first-order valence-electron chi connectivity index (χ1n) is 20.0. The first-order valence-corrected chi connectivity index (χ1v) is 20.0. The van der Waals surface area contributed by atoms with Gasteiger partial charge in [0.2, 0.25) is 0 Å². The summed E-state index contributed by atoms with van der Waals surface area (Å²) in [6.45, 7) is 27.3. The lowest BCUT2D eigenvalue weighted by molar-refractivity contribution is 0.103. The standard InChI is InChI=1S/C52H55N3O/c1-49(2,3)34-13-17-44-40(27-34)41-28-35(50(4,5)6)14-18-45(41)54(44)38-25-33(48(56)32-21-23-53-24-22-32)26-39(31-38)55-46-19-15-36(51(7,8)9)29-42(46)43-30-37(52(10,11)12)16-20-47(43)55/h13-31H,1-12H3. The molecule has 0 N–H and O–H groups in total. The summed E-state index contributed by atoms with van der Waals surface area (Å²) in [5.41, 5.74) is 12.7. The van der Waals surface area contributed by atoms with Crippen LogP contribution in [0, 0.1) is 0 Å².